The minimum Gasteiger partial charge on any atom is -0.312 e. The number of hydrogen-bond acceptors (Lipinski definition) is 2. The molecule has 0 aromatic heterocycles. The first-order chi connectivity index (χ1) is 8.97. The Morgan fingerprint density at radius 3 is 2.16 bits per heavy atom. The number of likely N-dealkylation sites (tertiary alicyclic amines) is 1. The third kappa shape index (κ3) is 4.46. The minimum atomic E-state index is 0.508. The number of rotatable bonds is 4. The fraction of sp³-hybridized carbons (Fsp3) is 1.00. The van der Waals surface area contributed by atoms with Crippen LogP contribution in [0.2, 0.25) is 0 Å². The van der Waals surface area contributed by atoms with Gasteiger partial charge < -0.3 is 5.32 Å². The van der Waals surface area contributed by atoms with Gasteiger partial charge >= 0.3 is 0 Å². The molecule has 2 aliphatic rings. The summed E-state index contributed by atoms with van der Waals surface area (Å²) in [5.41, 5.74) is 0.508. The maximum Gasteiger partial charge on any atom is 0.0192 e. The van der Waals surface area contributed by atoms with Crippen molar-refractivity contribution < 1.29 is 0 Å². The second kappa shape index (κ2) is 6.58. The van der Waals surface area contributed by atoms with Gasteiger partial charge in [-0.25, -0.2) is 0 Å². The van der Waals surface area contributed by atoms with E-state index in [1.807, 2.05) is 0 Å². The third-order valence-corrected chi connectivity index (χ3v) is 5.42. The van der Waals surface area contributed by atoms with E-state index in [1.165, 1.54) is 58.2 Å². The zero-order valence-corrected chi connectivity index (χ0v) is 13.5. The molecule has 1 saturated heterocycles. The summed E-state index contributed by atoms with van der Waals surface area (Å²) in [4.78, 5) is 2.65. The van der Waals surface area contributed by atoms with Crippen LogP contribution in [0.3, 0.4) is 0 Å². The lowest BCUT2D eigenvalue weighted by Crippen LogP contribution is -2.44. The second-order valence-electron chi connectivity index (χ2n) is 7.91. The van der Waals surface area contributed by atoms with Crippen LogP contribution < -0.4 is 5.32 Å². The molecule has 1 aliphatic heterocycles. The maximum absolute atomic E-state index is 3.83. The molecule has 1 heterocycles. The van der Waals surface area contributed by atoms with Crippen LogP contribution in [0.15, 0.2) is 0 Å². The van der Waals surface area contributed by atoms with Crippen LogP contribution in [0.5, 0.6) is 0 Å². The Morgan fingerprint density at radius 2 is 1.63 bits per heavy atom. The van der Waals surface area contributed by atoms with Crippen molar-refractivity contribution in [2.24, 2.45) is 11.3 Å². The van der Waals surface area contributed by atoms with Gasteiger partial charge in [0.05, 0.1) is 0 Å². The van der Waals surface area contributed by atoms with Gasteiger partial charge in [0, 0.05) is 18.6 Å². The predicted octanol–water partition coefficient (Wildman–Crippen LogP) is 3.67. The van der Waals surface area contributed by atoms with Crippen molar-refractivity contribution in [3.05, 3.63) is 0 Å². The average molecular weight is 266 g/mol. The molecule has 112 valence electrons. The summed E-state index contributed by atoms with van der Waals surface area (Å²) in [7, 11) is 0. The van der Waals surface area contributed by atoms with E-state index in [1.54, 1.807) is 0 Å². The van der Waals surface area contributed by atoms with Crippen molar-refractivity contribution in [1.82, 2.24) is 10.2 Å². The van der Waals surface area contributed by atoms with Crippen LogP contribution in [0.1, 0.15) is 66.2 Å². The van der Waals surface area contributed by atoms with Crippen LogP contribution in [-0.2, 0) is 0 Å². The Hall–Kier alpha value is -0.0800. The molecule has 2 nitrogen and oxygen atoms in total. The first-order valence-electron chi connectivity index (χ1n) is 8.44. The predicted molar refractivity (Wildman–Crippen MR) is 83.5 cm³/mol. The van der Waals surface area contributed by atoms with Crippen molar-refractivity contribution >= 4 is 0 Å². The van der Waals surface area contributed by atoms with E-state index >= 15 is 0 Å². The Balaban J connectivity index is 1.65. The third-order valence-electron chi connectivity index (χ3n) is 5.42. The normalized spacial score (nSPS) is 31.6. The molecule has 2 fully saturated rings. The highest BCUT2D eigenvalue weighted by atomic mass is 15.2. The number of nitrogens with one attached hydrogen (secondary N) is 1. The highest BCUT2D eigenvalue weighted by Gasteiger charge is 2.29. The lowest BCUT2D eigenvalue weighted by atomic mass is 9.71. The van der Waals surface area contributed by atoms with Gasteiger partial charge in [-0.3, -0.25) is 4.90 Å². The van der Waals surface area contributed by atoms with E-state index in [0.717, 1.165) is 18.0 Å². The summed E-state index contributed by atoms with van der Waals surface area (Å²) < 4.78 is 0. The fourth-order valence-corrected chi connectivity index (χ4v) is 3.81. The summed E-state index contributed by atoms with van der Waals surface area (Å²) in [5.74, 6) is 0.932. The van der Waals surface area contributed by atoms with E-state index in [4.69, 9.17) is 0 Å². The molecule has 1 N–H and O–H groups in total. The lowest BCUT2D eigenvalue weighted by Gasteiger charge is -2.38. The van der Waals surface area contributed by atoms with Gasteiger partial charge in [0.15, 0.2) is 0 Å². The molecule has 2 rings (SSSR count). The van der Waals surface area contributed by atoms with E-state index in [9.17, 15) is 0 Å². The molecule has 0 amide bonds. The van der Waals surface area contributed by atoms with Gasteiger partial charge in [-0.1, -0.05) is 20.8 Å². The Bertz CT molecular complexity index is 255. The van der Waals surface area contributed by atoms with Crippen molar-refractivity contribution in [2.45, 2.75) is 78.3 Å². The maximum atomic E-state index is 3.83. The summed E-state index contributed by atoms with van der Waals surface area (Å²) in [6, 6.07) is 1.51. The molecule has 2 heteroatoms. The Kier molecular flexibility index (Phi) is 5.30. The second-order valence-corrected chi connectivity index (χ2v) is 7.91. The van der Waals surface area contributed by atoms with Gasteiger partial charge in [0.25, 0.3) is 0 Å². The van der Waals surface area contributed by atoms with Gasteiger partial charge in [0.2, 0.25) is 0 Å². The van der Waals surface area contributed by atoms with E-state index in [2.05, 4.69) is 37.9 Å². The van der Waals surface area contributed by atoms with Gasteiger partial charge in [-0.15, -0.1) is 0 Å². The summed E-state index contributed by atoms with van der Waals surface area (Å²) in [6.45, 7) is 13.4. The fourth-order valence-electron chi connectivity index (χ4n) is 3.81. The average Bonchev–Trinajstić information content (AvgIpc) is 2.89. The Labute approximate surface area is 120 Å². The first-order valence-corrected chi connectivity index (χ1v) is 8.44. The summed E-state index contributed by atoms with van der Waals surface area (Å²) >= 11 is 0. The summed E-state index contributed by atoms with van der Waals surface area (Å²) in [6.07, 6.45) is 8.41. The molecule has 0 radical (unpaired) electrons. The molecule has 1 atom stereocenters. The molecule has 1 unspecified atom stereocenters. The van der Waals surface area contributed by atoms with Crippen LogP contribution >= 0.6 is 0 Å². The molecular weight excluding hydrogens is 232 g/mol. The molecule has 1 saturated carbocycles. The number of hydrogen-bond donors (Lipinski definition) is 1. The van der Waals surface area contributed by atoms with Gasteiger partial charge in [0.1, 0.15) is 0 Å². The van der Waals surface area contributed by atoms with Crippen LogP contribution in [0.4, 0.5) is 0 Å². The SMILES string of the molecule is CC(CNC1CCC(C(C)(C)C)CC1)N1CCCC1. The molecule has 0 bridgehead atoms. The number of nitrogens with zero attached hydrogens (tertiary/aromatic N) is 1. The van der Waals surface area contributed by atoms with E-state index in [0.29, 0.717) is 5.41 Å². The van der Waals surface area contributed by atoms with Gasteiger partial charge in [-0.2, -0.15) is 0 Å². The van der Waals surface area contributed by atoms with Crippen molar-refractivity contribution in [3.63, 3.8) is 0 Å². The largest absolute Gasteiger partial charge is 0.312 e. The zero-order chi connectivity index (χ0) is 13.9. The van der Waals surface area contributed by atoms with Crippen LogP contribution in [-0.4, -0.2) is 36.6 Å². The van der Waals surface area contributed by atoms with E-state index in [-0.39, 0.29) is 0 Å². The smallest absolute Gasteiger partial charge is 0.0192 e. The zero-order valence-electron chi connectivity index (χ0n) is 13.5. The molecule has 0 aromatic carbocycles. The van der Waals surface area contributed by atoms with Crippen molar-refractivity contribution in [1.29, 1.82) is 0 Å². The Morgan fingerprint density at radius 1 is 1.05 bits per heavy atom. The standard InChI is InChI=1S/C17H34N2/c1-14(19-11-5-6-12-19)13-18-16-9-7-15(8-10-16)17(2,3)4/h14-16,18H,5-13H2,1-4H3. The molecular formula is C17H34N2. The monoisotopic (exact) mass is 266 g/mol. The lowest BCUT2D eigenvalue weighted by molar-refractivity contribution is 0.155. The quantitative estimate of drug-likeness (QED) is 0.835. The van der Waals surface area contributed by atoms with Crippen molar-refractivity contribution in [3.8, 4) is 0 Å². The first kappa shape index (κ1) is 15.3. The highest BCUT2D eigenvalue weighted by Crippen LogP contribution is 2.37. The van der Waals surface area contributed by atoms with E-state index < -0.39 is 0 Å². The van der Waals surface area contributed by atoms with Crippen LogP contribution in [0.25, 0.3) is 0 Å². The topological polar surface area (TPSA) is 15.3 Å². The van der Waals surface area contributed by atoms with Gasteiger partial charge in [-0.05, 0) is 69.9 Å². The van der Waals surface area contributed by atoms with Crippen molar-refractivity contribution in [2.75, 3.05) is 19.6 Å². The summed E-state index contributed by atoms with van der Waals surface area (Å²) in [5, 5.41) is 3.83. The van der Waals surface area contributed by atoms with Crippen LogP contribution in [0, 0.1) is 11.3 Å². The molecule has 1 aliphatic carbocycles. The highest BCUT2D eigenvalue weighted by molar-refractivity contribution is 4.84. The minimum absolute atomic E-state index is 0.508. The molecule has 19 heavy (non-hydrogen) atoms. The molecule has 0 aromatic rings. The molecule has 0 spiro atoms.